The van der Waals surface area contributed by atoms with Crippen LogP contribution in [0.2, 0.25) is 0 Å². The van der Waals surface area contributed by atoms with E-state index in [4.69, 9.17) is 14.9 Å². The first kappa shape index (κ1) is 19.5. The highest BCUT2D eigenvalue weighted by molar-refractivity contribution is 5.95. The van der Waals surface area contributed by atoms with Gasteiger partial charge in [0.2, 0.25) is 0 Å². The first-order valence-electron chi connectivity index (χ1n) is 8.01. The van der Waals surface area contributed by atoms with Gasteiger partial charge in [-0.15, -0.1) is 0 Å². The summed E-state index contributed by atoms with van der Waals surface area (Å²) in [5, 5.41) is 20.6. The number of carbonyl (C=O) groups is 3. The van der Waals surface area contributed by atoms with Gasteiger partial charge in [0, 0.05) is 18.5 Å². The average molecular weight is 367 g/mol. The summed E-state index contributed by atoms with van der Waals surface area (Å²) in [6.45, 7) is 0.395. The van der Waals surface area contributed by atoms with Gasteiger partial charge >= 0.3 is 18.0 Å². The minimum Gasteiger partial charge on any atom is -0.478 e. The third-order valence-electron chi connectivity index (χ3n) is 3.45. The zero-order chi connectivity index (χ0) is 19.6. The summed E-state index contributed by atoms with van der Waals surface area (Å²) in [6, 6.07) is 12.9. The zero-order valence-electron chi connectivity index (χ0n) is 14.3. The van der Waals surface area contributed by atoms with Crippen LogP contribution in [0.5, 0.6) is 0 Å². The highest BCUT2D eigenvalue weighted by Crippen LogP contribution is 2.12. The molecule has 0 aromatic heterocycles. The monoisotopic (exact) mass is 367 g/mol. The van der Waals surface area contributed by atoms with E-state index in [1.165, 1.54) is 12.1 Å². The summed E-state index contributed by atoms with van der Waals surface area (Å²) in [6.07, 6.45) is -0.294. The number of carboxylic acid groups (broad SMARTS) is 2. The molecule has 0 saturated heterocycles. The molecule has 0 aliphatic rings. The molecule has 3 N–H and O–H groups in total. The quantitative estimate of drug-likeness (QED) is 0.534. The Morgan fingerprint density at radius 2 is 1.74 bits per heavy atom. The van der Waals surface area contributed by atoms with E-state index in [-0.39, 0.29) is 36.3 Å². The fourth-order valence-corrected chi connectivity index (χ4v) is 2.12. The van der Waals surface area contributed by atoms with Crippen LogP contribution in [0.15, 0.2) is 48.5 Å². The number of hydrogen-bond donors (Lipinski definition) is 3. The van der Waals surface area contributed by atoms with Gasteiger partial charge in [0.05, 0.1) is 11.1 Å². The van der Waals surface area contributed by atoms with E-state index in [1.54, 1.807) is 0 Å². The Morgan fingerprint density at radius 1 is 1.00 bits per heavy atom. The Balaban J connectivity index is 1.84. The van der Waals surface area contributed by atoms with Crippen molar-refractivity contribution in [3.8, 4) is 11.8 Å². The summed E-state index contributed by atoms with van der Waals surface area (Å²) >= 11 is 0. The molecule has 0 atom stereocenters. The fraction of sp³-hybridized carbons (Fsp3) is 0.150. The summed E-state index contributed by atoms with van der Waals surface area (Å²) in [4.78, 5) is 33.7. The van der Waals surface area contributed by atoms with Gasteiger partial charge in [0.1, 0.15) is 6.61 Å². The molecular formula is C20H17NO6. The van der Waals surface area contributed by atoms with Crippen LogP contribution in [0.4, 0.5) is 4.79 Å². The molecule has 2 rings (SSSR count). The maximum absolute atomic E-state index is 11.6. The van der Waals surface area contributed by atoms with Crippen molar-refractivity contribution in [2.75, 3.05) is 6.54 Å². The van der Waals surface area contributed by atoms with Gasteiger partial charge in [0.25, 0.3) is 0 Å². The number of rotatable bonds is 6. The van der Waals surface area contributed by atoms with Crippen LogP contribution in [0.25, 0.3) is 0 Å². The van der Waals surface area contributed by atoms with Gasteiger partial charge in [-0.3, -0.25) is 0 Å². The number of ether oxygens (including phenoxy) is 1. The summed E-state index contributed by atoms with van der Waals surface area (Å²) < 4.78 is 5.05. The largest absolute Gasteiger partial charge is 0.478 e. The van der Waals surface area contributed by atoms with Gasteiger partial charge in [-0.25, -0.2) is 14.4 Å². The van der Waals surface area contributed by atoms with E-state index >= 15 is 0 Å². The molecule has 138 valence electrons. The fourth-order valence-electron chi connectivity index (χ4n) is 2.12. The Morgan fingerprint density at radius 3 is 2.41 bits per heavy atom. The number of benzene rings is 2. The van der Waals surface area contributed by atoms with Crippen molar-refractivity contribution >= 4 is 18.0 Å². The Labute approximate surface area is 155 Å². The molecule has 0 unspecified atom stereocenters. The van der Waals surface area contributed by atoms with E-state index in [0.29, 0.717) is 0 Å². The van der Waals surface area contributed by atoms with Gasteiger partial charge in [-0.05, 0) is 23.8 Å². The smallest absolute Gasteiger partial charge is 0.407 e. The molecule has 7 heteroatoms. The van der Waals surface area contributed by atoms with Crippen molar-refractivity contribution in [2.45, 2.75) is 13.0 Å². The van der Waals surface area contributed by atoms with Crippen LogP contribution in [-0.2, 0) is 11.3 Å². The molecule has 7 nitrogen and oxygen atoms in total. The van der Waals surface area contributed by atoms with E-state index in [0.717, 1.165) is 11.6 Å². The highest BCUT2D eigenvalue weighted by Gasteiger charge is 2.12. The number of aromatic carboxylic acids is 2. The lowest BCUT2D eigenvalue weighted by atomic mass is 10.0. The Hall–Kier alpha value is -3.79. The van der Waals surface area contributed by atoms with Crippen LogP contribution in [0.1, 0.15) is 38.3 Å². The van der Waals surface area contributed by atoms with Gasteiger partial charge in [0.15, 0.2) is 0 Å². The lowest BCUT2D eigenvalue weighted by molar-refractivity contribution is 0.0695. The van der Waals surface area contributed by atoms with Crippen molar-refractivity contribution in [1.82, 2.24) is 5.32 Å². The zero-order valence-corrected chi connectivity index (χ0v) is 14.3. The third-order valence-corrected chi connectivity index (χ3v) is 3.45. The number of hydrogen-bond acceptors (Lipinski definition) is 4. The molecule has 27 heavy (non-hydrogen) atoms. The van der Waals surface area contributed by atoms with Crippen LogP contribution in [0, 0.1) is 11.8 Å². The molecule has 2 aromatic rings. The van der Waals surface area contributed by atoms with Crippen LogP contribution < -0.4 is 5.32 Å². The lowest BCUT2D eigenvalue weighted by Gasteiger charge is -2.05. The van der Waals surface area contributed by atoms with Crippen LogP contribution >= 0.6 is 0 Å². The Kier molecular flexibility index (Phi) is 6.97. The molecule has 1 amide bonds. The SMILES string of the molecule is O=C(NCCC#Cc1ccc(C(=O)O)cc1C(=O)O)OCc1ccccc1. The van der Waals surface area contributed by atoms with E-state index in [9.17, 15) is 14.4 Å². The van der Waals surface area contributed by atoms with E-state index in [2.05, 4.69) is 17.2 Å². The second kappa shape index (κ2) is 9.63. The second-order valence-electron chi connectivity index (χ2n) is 5.41. The topological polar surface area (TPSA) is 113 Å². The standard InChI is InChI=1S/C20H17NO6/c22-18(23)16-10-9-15(17(12-16)19(24)25)8-4-5-11-21-20(26)27-13-14-6-2-1-3-7-14/h1-3,6-7,9-10,12H,5,11,13H2,(H,21,26)(H,22,23)(H,24,25). The summed E-state index contributed by atoms with van der Waals surface area (Å²) in [5.41, 5.74) is 0.774. The molecule has 0 saturated carbocycles. The number of amides is 1. The van der Waals surface area contributed by atoms with E-state index < -0.39 is 18.0 Å². The maximum atomic E-state index is 11.6. The van der Waals surface area contributed by atoms with Crippen molar-refractivity contribution in [1.29, 1.82) is 0 Å². The van der Waals surface area contributed by atoms with Crippen molar-refractivity contribution < 1.29 is 29.3 Å². The molecule has 0 aliphatic carbocycles. The Bertz CT molecular complexity index is 896. The predicted octanol–water partition coefficient (Wildman–Crippen LogP) is 2.75. The summed E-state index contributed by atoms with van der Waals surface area (Å²) in [5.74, 6) is 2.95. The first-order chi connectivity index (χ1) is 13.0. The second-order valence-corrected chi connectivity index (χ2v) is 5.41. The summed E-state index contributed by atoms with van der Waals surface area (Å²) in [7, 11) is 0. The molecular weight excluding hydrogens is 350 g/mol. The predicted molar refractivity (Wildman–Crippen MR) is 96.5 cm³/mol. The number of nitrogens with one attached hydrogen (secondary N) is 1. The van der Waals surface area contributed by atoms with Crippen LogP contribution in [-0.4, -0.2) is 34.8 Å². The number of carboxylic acids is 2. The van der Waals surface area contributed by atoms with Gasteiger partial charge < -0.3 is 20.3 Å². The van der Waals surface area contributed by atoms with Crippen molar-refractivity contribution in [3.63, 3.8) is 0 Å². The minimum atomic E-state index is -1.26. The molecule has 0 aliphatic heterocycles. The molecule has 0 bridgehead atoms. The van der Waals surface area contributed by atoms with Crippen molar-refractivity contribution in [2.24, 2.45) is 0 Å². The van der Waals surface area contributed by atoms with E-state index in [1.807, 2.05) is 30.3 Å². The highest BCUT2D eigenvalue weighted by atomic mass is 16.5. The maximum Gasteiger partial charge on any atom is 0.407 e. The molecule has 0 heterocycles. The average Bonchev–Trinajstić information content (AvgIpc) is 2.66. The van der Waals surface area contributed by atoms with Crippen LogP contribution in [0.3, 0.4) is 0 Å². The normalized spacial score (nSPS) is 9.63. The van der Waals surface area contributed by atoms with Gasteiger partial charge in [-0.1, -0.05) is 42.2 Å². The first-order valence-corrected chi connectivity index (χ1v) is 8.01. The molecule has 0 radical (unpaired) electrons. The lowest BCUT2D eigenvalue weighted by Crippen LogP contribution is -2.24. The van der Waals surface area contributed by atoms with Crippen molar-refractivity contribution in [3.05, 3.63) is 70.8 Å². The third kappa shape index (κ3) is 6.21. The molecule has 0 spiro atoms. The number of alkyl carbamates (subject to hydrolysis) is 1. The number of carbonyl (C=O) groups excluding carboxylic acids is 1. The van der Waals surface area contributed by atoms with Gasteiger partial charge in [-0.2, -0.15) is 0 Å². The molecule has 0 fully saturated rings. The minimum absolute atomic E-state index is 0.124. The molecule has 2 aromatic carbocycles.